The van der Waals surface area contributed by atoms with E-state index in [0.717, 1.165) is 4.31 Å². The van der Waals surface area contributed by atoms with E-state index >= 15 is 0 Å². The van der Waals surface area contributed by atoms with Crippen molar-refractivity contribution in [3.05, 3.63) is 75.7 Å². The molecule has 0 radical (unpaired) electrons. The standard InChI is InChI=1S/C24H23BrClN3O6S/c1-3-35-22-12-16(11-21(25)24(22)31)14-27-28-23(30)15-29(18-6-4-5-17(26)13-18)36(32,33)20-9-7-19(34-2)8-10-20/h4-14,31H,3,15H2,1-2H3,(H,28,30)/b27-14-. The summed E-state index contributed by atoms with van der Waals surface area (Å²) in [6.07, 6.45) is 1.34. The molecule has 9 nitrogen and oxygen atoms in total. The van der Waals surface area contributed by atoms with E-state index in [1.807, 2.05) is 0 Å². The van der Waals surface area contributed by atoms with Crippen molar-refractivity contribution in [1.29, 1.82) is 0 Å². The topological polar surface area (TPSA) is 118 Å². The van der Waals surface area contributed by atoms with Gasteiger partial charge in [0, 0.05) is 5.02 Å². The first kappa shape index (κ1) is 27.3. The lowest BCUT2D eigenvalue weighted by molar-refractivity contribution is -0.119. The van der Waals surface area contributed by atoms with Crippen LogP contribution < -0.4 is 19.2 Å². The molecule has 0 aliphatic heterocycles. The Kier molecular flexibility index (Phi) is 9.19. The van der Waals surface area contributed by atoms with Crippen molar-refractivity contribution in [3.63, 3.8) is 0 Å². The lowest BCUT2D eigenvalue weighted by atomic mass is 10.2. The van der Waals surface area contributed by atoms with Crippen LogP contribution in [0.3, 0.4) is 0 Å². The van der Waals surface area contributed by atoms with Gasteiger partial charge in [-0.15, -0.1) is 0 Å². The van der Waals surface area contributed by atoms with Crippen LogP contribution in [0.25, 0.3) is 0 Å². The number of rotatable bonds is 10. The Labute approximate surface area is 222 Å². The fraction of sp³-hybridized carbons (Fsp3) is 0.167. The van der Waals surface area contributed by atoms with Crippen molar-refractivity contribution >= 4 is 55.4 Å². The van der Waals surface area contributed by atoms with Crippen molar-refractivity contribution in [1.82, 2.24) is 5.43 Å². The number of methoxy groups -OCH3 is 1. The SMILES string of the molecule is CCOc1cc(/C=N\NC(=O)CN(c2cccc(Cl)c2)S(=O)(=O)c2ccc(OC)cc2)cc(Br)c1O. The number of amides is 1. The summed E-state index contributed by atoms with van der Waals surface area (Å²) in [6, 6.07) is 15.1. The van der Waals surface area contributed by atoms with Gasteiger partial charge in [-0.05, 0) is 83.0 Å². The molecule has 3 rings (SSSR count). The van der Waals surface area contributed by atoms with E-state index in [2.05, 4.69) is 26.5 Å². The number of ether oxygens (including phenoxy) is 2. The van der Waals surface area contributed by atoms with E-state index in [9.17, 15) is 18.3 Å². The Morgan fingerprint density at radius 3 is 2.56 bits per heavy atom. The number of carbonyl (C=O) groups is 1. The Balaban J connectivity index is 1.83. The number of hydrogen-bond donors (Lipinski definition) is 2. The van der Waals surface area contributed by atoms with Crippen LogP contribution in [0.5, 0.6) is 17.2 Å². The summed E-state index contributed by atoms with van der Waals surface area (Å²) in [7, 11) is -2.66. The fourth-order valence-electron chi connectivity index (χ4n) is 3.10. The van der Waals surface area contributed by atoms with Crippen LogP contribution in [0.2, 0.25) is 5.02 Å². The average Bonchev–Trinajstić information content (AvgIpc) is 2.85. The third kappa shape index (κ3) is 6.68. The largest absolute Gasteiger partial charge is 0.503 e. The number of hydrazone groups is 1. The van der Waals surface area contributed by atoms with Crippen molar-refractivity contribution < 1.29 is 27.8 Å². The zero-order valence-electron chi connectivity index (χ0n) is 19.3. The molecule has 0 atom stereocenters. The summed E-state index contributed by atoms with van der Waals surface area (Å²) in [5.41, 5.74) is 3.06. The highest BCUT2D eigenvalue weighted by molar-refractivity contribution is 9.10. The number of sulfonamides is 1. The van der Waals surface area contributed by atoms with Crippen molar-refractivity contribution in [2.75, 3.05) is 24.6 Å². The molecule has 0 saturated heterocycles. The molecule has 3 aromatic rings. The van der Waals surface area contributed by atoms with Crippen molar-refractivity contribution in [3.8, 4) is 17.2 Å². The van der Waals surface area contributed by atoms with Gasteiger partial charge in [0.2, 0.25) is 0 Å². The van der Waals surface area contributed by atoms with E-state index < -0.39 is 22.5 Å². The third-order valence-electron chi connectivity index (χ3n) is 4.78. The van der Waals surface area contributed by atoms with E-state index in [4.69, 9.17) is 21.1 Å². The summed E-state index contributed by atoms with van der Waals surface area (Å²) in [5.74, 6) is -0.00816. The van der Waals surface area contributed by atoms with Gasteiger partial charge in [0.25, 0.3) is 15.9 Å². The average molecular weight is 597 g/mol. The normalized spacial score (nSPS) is 11.3. The monoisotopic (exact) mass is 595 g/mol. The van der Waals surface area contributed by atoms with E-state index in [0.29, 0.717) is 27.4 Å². The molecule has 0 aromatic heterocycles. The van der Waals surface area contributed by atoms with Crippen LogP contribution in [-0.4, -0.2) is 45.9 Å². The van der Waals surface area contributed by atoms with Gasteiger partial charge in [0.15, 0.2) is 11.5 Å². The second-order valence-corrected chi connectivity index (χ2v) is 10.4. The Morgan fingerprint density at radius 1 is 1.19 bits per heavy atom. The van der Waals surface area contributed by atoms with E-state index in [-0.39, 0.29) is 22.1 Å². The second kappa shape index (κ2) is 12.1. The number of benzene rings is 3. The highest BCUT2D eigenvalue weighted by atomic mass is 79.9. The van der Waals surface area contributed by atoms with E-state index in [1.165, 1.54) is 49.7 Å². The van der Waals surface area contributed by atoms with Gasteiger partial charge in [-0.25, -0.2) is 13.8 Å². The van der Waals surface area contributed by atoms with Gasteiger partial charge in [-0.3, -0.25) is 9.10 Å². The number of nitrogens with one attached hydrogen (secondary N) is 1. The lowest BCUT2D eigenvalue weighted by Crippen LogP contribution is -2.39. The van der Waals surface area contributed by atoms with Crippen LogP contribution >= 0.6 is 27.5 Å². The zero-order chi connectivity index (χ0) is 26.3. The zero-order valence-corrected chi connectivity index (χ0v) is 22.5. The number of phenols is 1. The molecular weight excluding hydrogens is 574 g/mol. The highest BCUT2D eigenvalue weighted by Crippen LogP contribution is 2.35. The van der Waals surface area contributed by atoms with E-state index in [1.54, 1.807) is 31.2 Å². The van der Waals surface area contributed by atoms with Crippen molar-refractivity contribution in [2.24, 2.45) is 5.10 Å². The molecular formula is C24H23BrClN3O6S. The fourth-order valence-corrected chi connectivity index (χ4v) is 5.16. The highest BCUT2D eigenvalue weighted by Gasteiger charge is 2.27. The lowest BCUT2D eigenvalue weighted by Gasteiger charge is -2.24. The summed E-state index contributed by atoms with van der Waals surface area (Å²) < 4.78 is 38.6. The van der Waals surface area contributed by atoms with Gasteiger partial charge in [0.1, 0.15) is 12.3 Å². The molecule has 0 aliphatic rings. The maximum absolute atomic E-state index is 13.4. The number of anilines is 1. The minimum absolute atomic E-state index is 0.0306. The Bertz CT molecular complexity index is 1370. The number of hydrogen-bond acceptors (Lipinski definition) is 7. The molecule has 2 N–H and O–H groups in total. The van der Waals surface area contributed by atoms with Crippen LogP contribution in [0, 0.1) is 0 Å². The summed E-state index contributed by atoms with van der Waals surface area (Å²) in [5, 5.41) is 14.2. The number of carbonyl (C=O) groups excluding carboxylic acids is 1. The minimum atomic E-state index is -4.13. The molecule has 0 saturated carbocycles. The number of nitrogens with zero attached hydrogens (tertiary/aromatic N) is 2. The molecule has 3 aromatic carbocycles. The number of phenolic OH excluding ortho intramolecular Hbond substituents is 1. The molecule has 0 spiro atoms. The molecule has 190 valence electrons. The summed E-state index contributed by atoms with van der Waals surface area (Å²) in [4.78, 5) is 12.7. The quantitative estimate of drug-likeness (QED) is 0.262. The third-order valence-corrected chi connectivity index (χ3v) is 7.41. The summed E-state index contributed by atoms with van der Waals surface area (Å²) in [6.45, 7) is 1.56. The molecule has 0 bridgehead atoms. The van der Waals surface area contributed by atoms with Gasteiger partial charge < -0.3 is 14.6 Å². The van der Waals surface area contributed by atoms with Gasteiger partial charge in [-0.1, -0.05) is 17.7 Å². The second-order valence-electron chi connectivity index (χ2n) is 7.24. The molecule has 0 heterocycles. The molecule has 0 unspecified atom stereocenters. The summed E-state index contributed by atoms with van der Waals surface area (Å²) >= 11 is 9.31. The predicted octanol–water partition coefficient (Wildman–Crippen LogP) is 4.56. The van der Waals surface area contributed by atoms with Crippen LogP contribution in [-0.2, 0) is 14.8 Å². The first-order valence-electron chi connectivity index (χ1n) is 10.5. The van der Waals surface area contributed by atoms with Crippen LogP contribution in [0.15, 0.2) is 75.1 Å². The van der Waals surface area contributed by atoms with Crippen LogP contribution in [0.4, 0.5) is 5.69 Å². The van der Waals surface area contributed by atoms with Gasteiger partial charge >= 0.3 is 0 Å². The van der Waals surface area contributed by atoms with Gasteiger partial charge in [-0.2, -0.15) is 5.10 Å². The number of halogens is 2. The molecule has 12 heteroatoms. The molecule has 1 amide bonds. The number of aromatic hydroxyl groups is 1. The maximum atomic E-state index is 13.4. The van der Waals surface area contributed by atoms with Crippen molar-refractivity contribution in [2.45, 2.75) is 11.8 Å². The Hall–Kier alpha value is -3.28. The smallest absolute Gasteiger partial charge is 0.264 e. The maximum Gasteiger partial charge on any atom is 0.264 e. The predicted molar refractivity (Wildman–Crippen MR) is 142 cm³/mol. The van der Waals surface area contributed by atoms with Gasteiger partial charge in [0.05, 0.1) is 35.0 Å². The molecule has 0 aliphatic carbocycles. The minimum Gasteiger partial charge on any atom is -0.503 e. The first-order valence-corrected chi connectivity index (χ1v) is 13.2. The van der Waals surface area contributed by atoms with Crippen LogP contribution in [0.1, 0.15) is 12.5 Å². The Morgan fingerprint density at radius 2 is 1.92 bits per heavy atom. The molecule has 0 fully saturated rings. The first-order chi connectivity index (χ1) is 17.1. The molecule has 36 heavy (non-hydrogen) atoms.